The van der Waals surface area contributed by atoms with Crippen LogP contribution in [0.2, 0.25) is 0 Å². The highest BCUT2D eigenvalue weighted by molar-refractivity contribution is 5.84. The fourth-order valence-electron chi connectivity index (χ4n) is 3.74. The second-order valence-corrected chi connectivity index (χ2v) is 9.61. The Morgan fingerprint density at radius 2 is 1.12 bits per heavy atom. The van der Waals surface area contributed by atoms with Gasteiger partial charge in [-0.05, 0) is 19.3 Å². The normalized spacial score (nSPS) is 11.4. The molecule has 236 valence electrons. The SMILES string of the molecule is O=C(O)CCCCCCCCCCCCC(=O)NC(CCC(=O)NCCOCCOCC(=O)NCC(=O)O)C(=O)O. The van der Waals surface area contributed by atoms with Gasteiger partial charge in [0.2, 0.25) is 17.7 Å². The van der Waals surface area contributed by atoms with E-state index >= 15 is 0 Å². The quantitative estimate of drug-likeness (QED) is 0.0717. The number of rotatable bonds is 28. The number of ether oxygens (including phenoxy) is 2. The molecule has 14 heteroatoms. The molecule has 6 N–H and O–H groups in total. The standard InChI is InChI=1S/C27H47N3O11/c31-22(28-15-16-40-17-18-41-20-24(33)29-19-26(36)37)14-13-21(27(38)39)30-23(32)11-9-7-5-3-1-2-4-6-8-10-12-25(34)35/h21H,1-20H2,(H,28,31)(H,29,33)(H,30,32)(H,34,35)(H,36,37)(H,38,39). The molecular weight excluding hydrogens is 542 g/mol. The lowest BCUT2D eigenvalue weighted by Gasteiger charge is -2.14. The third-order valence-corrected chi connectivity index (χ3v) is 5.95. The number of hydrogen-bond acceptors (Lipinski definition) is 8. The Labute approximate surface area is 240 Å². The third kappa shape index (κ3) is 26.7. The van der Waals surface area contributed by atoms with Crippen LogP contribution in [-0.4, -0.2) is 96.5 Å². The summed E-state index contributed by atoms with van der Waals surface area (Å²) in [7, 11) is 0. The zero-order valence-corrected chi connectivity index (χ0v) is 23.8. The van der Waals surface area contributed by atoms with Crippen molar-refractivity contribution in [3.63, 3.8) is 0 Å². The minimum atomic E-state index is -1.20. The summed E-state index contributed by atoms with van der Waals surface area (Å²) in [4.78, 5) is 67.6. The van der Waals surface area contributed by atoms with E-state index in [0.29, 0.717) is 6.42 Å². The predicted octanol–water partition coefficient (Wildman–Crippen LogP) is 1.45. The lowest BCUT2D eigenvalue weighted by Crippen LogP contribution is -2.41. The molecule has 1 unspecified atom stereocenters. The first kappa shape index (κ1) is 37.7. The van der Waals surface area contributed by atoms with Crippen LogP contribution in [0.25, 0.3) is 0 Å². The highest BCUT2D eigenvalue weighted by Crippen LogP contribution is 2.12. The van der Waals surface area contributed by atoms with Gasteiger partial charge in [-0.25, -0.2) is 4.79 Å². The van der Waals surface area contributed by atoms with Crippen LogP contribution in [0.15, 0.2) is 0 Å². The number of aliphatic carboxylic acids is 3. The van der Waals surface area contributed by atoms with E-state index in [-0.39, 0.29) is 70.5 Å². The van der Waals surface area contributed by atoms with Gasteiger partial charge in [0.05, 0.1) is 19.8 Å². The highest BCUT2D eigenvalue weighted by Gasteiger charge is 2.20. The molecule has 0 heterocycles. The summed E-state index contributed by atoms with van der Waals surface area (Å²) >= 11 is 0. The summed E-state index contributed by atoms with van der Waals surface area (Å²) in [5.41, 5.74) is 0. The number of carboxylic acids is 3. The van der Waals surface area contributed by atoms with Crippen molar-refractivity contribution in [1.29, 1.82) is 0 Å². The van der Waals surface area contributed by atoms with Gasteiger partial charge in [-0.2, -0.15) is 0 Å². The molecule has 14 nitrogen and oxygen atoms in total. The van der Waals surface area contributed by atoms with Crippen LogP contribution >= 0.6 is 0 Å². The molecule has 0 aliphatic rings. The summed E-state index contributed by atoms with van der Waals surface area (Å²) in [6.45, 7) is -0.153. The van der Waals surface area contributed by atoms with Crippen molar-refractivity contribution in [2.24, 2.45) is 0 Å². The lowest BCUT2D eigenvalue weighted by atomic mass is 10.0. The van der Waals surface area contributed by atoms with Gasteiger partial charge in [0.15, 0.2) is 0 Å². The first-order valence-corrected chi connectivity index (χ1v) is 14.3. The van der Waals surface area contributed by atoms with Gasteiger partial charge >= 0.3 is 17.9 Å². The number of hydrogen-bond donors (Lipinski definition) is 6. The molecule has 0 spiro atoms. The molecule has 0 saturated carbocycles. The van der Waals surface area contributed by atoms with Crippen molar-refractivity contribution in [2.75, 3.05) is 39.5 Å². The van der Waals surface area contributed by atoms with Gasteiger partial charge in [-0.15, -0.1) is 0 Å². The third-order valence-electron chi connectivity index (χ3n) is 5.95. The summed E-state index contributed by atoms with van der Waals surface area (Å²) in [6.07, 6.45) is 9.99. The van der Waals surface area contributed by atoms with Crippen molar-refractivity contribution in [1.82, 2.24) is 16.0 Å². The largest absolute Gasteiger partial charge is 0.481 e. The van der Waals surface area contributed by atoms with Crippen molar-refractivity contribution < 1.29 is 53.6 Å². The van der Waals surface area contributed by atoms with Crippen molar-refractivity contribution >= 4 is 35.6 Å². The summed E-state index contributed by atoms with van der Waals surface area (Å²) in [5, 5.41) is 33.6. The van der Waals surface area contributed by atoms with Crippen molar-refractivity contribution in [3.8, 4) is 0 Å². The molecule has 0 aliphatic carbocycles. The smallest absolute Gasteiger partial charge is 0.326 e. The van der Waals surface area contributed by atoms with Gasteiger partial charge in [0, 0.05) is 25.8 Å². The van der Waals surface area contributed by atoms with Crippen LogP contribution in [0.3, 0.4) is 0 Å². The van der Waals surface area contributed by atoms with Crippen molar-refractivity contribution in [2.45, 2.75) is 95.9 Å². The number of nitrogens with one attached hydrogen (secondary N) is 3. The Balaban J connectivity index is 3.76. The number of unbranched alkanes of at least 4 members (excludes halogenated alkanes) is 9. The monoisotopic (exact) mass is 589 g/mol. The average molecular weight is 590 g/mol. The van der Waals surface area contributed by atoms with E-state index in [9.17, 15) is 33.9 Å². The second kappa shape index (κ2) is 25.7. The molecule has 0 aliphatic heterocycles. The van der Waals surface area contributed by atoms with Gasteiger partial charge in [-0.1, -0.05) is 51.4 Å². The topological polar surface area (TPSA) is 218 Å². The molecule has 0 radical (unpaired) electrons. The Bertz CT molecular complexity index is 792. The summed E-state index contributed by atoms with van der Waals surface area (Å²) in [6, 6.07) is -1.15. The van der Waals surface area contributed by atoms with Crippen LogP contribution < -0.4 is 16.0 Å². The minimum absolute atomic E-state index is 0.0398. The van der Waals surface area contributed by atoms with Gasteiger partial charge in [-0.3, -0.25) is 24.0 Å². The first-order chi connectivity index (χ1) is 19.6. The Hall–Kier alpha value is -3.26. The van der Waals surface area contributed by atoms with E-state index in [1.54, 1.807) is 0 Å². The molecule has 0 saturated heterocycles. The maximum Gasteiger partial charge on any atom is 0.326 e. The second-order valence-electron chi connectivity index (χ2n) is 9.61. The lowest BCUT2D eigenvalue weighted by molar-refractivity contribution is -0.142. The van der Waals surface area contributed by atoms with Crippen LogP contribution in [0.4, 0.5) is 0 Å². The van der Waals surface area contributed by atoms with Crippen LogP contribution in [-0.2, 0) is 38.2 Å². The maximum atomic E-state index is 12.1. The van der Waals surface area contributed by atoms with E-state index in [0.717, 1.165) is 57.8 Å². The average Bonchev–Trinajstić information content (AvgIpc) is 2.91. The molecule has 3 amide bonds. The molecule has 0 aromatic rings. The zero-order chi connectivity index (χ0) is 30.7. The van der Waals surface area contributed by atoms with Gasteiger partial charge in [0.1, 0.15) is 19.2 Å². The van der Waals surface area contributed by atoms with E-state index in [2.05, 4.69) is 16.0 Å². The fraction of sp³-hybridized carbons (Fsp3) is 0.778. The Morgan fingerprint density at radius 1 is 0.561 bits per heavy atom. The molecule has 0 bridgehead atoms. The molecule has 1 atom stereocenters. The molecule has 41 heavy (non-hydrogen) atoms. The van der Waals surface area contributed by atoms with Crippen LogP contribution in [0.5, 0.6) is 0 Å². The summed E-state index contributed by atoms with van der Waals surface area (Å²) in [5.74, 6) is -4.39. The highest BCUT2D eigenvalue weighted by atomic mass is 16.5. The summed E-state index contributed by atoms with van der Waals surface area (Å²) < 4.78 is 10.3. The van der Waals surface area contributed by atoms with E-state index in [1.165, 1.54) is 0 Å². The number of amides is 3. The van der Waals surface area contributed by atoms with Crippen molar-refractivity contribution in [3.05, 3.63) is 0 Å². The van der Waals surface area contributed by atoms with Gasteiger partial charge < -0.3 is 40.7 Å². The maximum absolute atomic E-state index is 12.1. The predicted molar refractivity (Wildman–Crippen MR) is 147 cm³/mol. The number of carbonyl (C=O) groups is 6. The Kier molecular flexibility index (Phi) is 23.6. The van der Waals surface area contributed by atoms with E-state index < -0.39 is 36.4 Å². The minimum Gasteiger partial charge on any atom is -0.481 e. The number of carboxylic acid groups (broad SMARTS) is 3. The molecule has 0 rings (SSSR count). The Morgan fingerprint density at radius 3 is 1.68 bits per heavy atom. The van der Waals surface area contributed by atoms with E-state index in [4.69, 9.17) is 19.7 Å². The molecule has 0 fully saturated rings. The molecule has 0 aromatic carbocycles. The molecular formula is C27H47N3O11. The first-order valence-electron chi connectivity index (χ1n) is 14.3. The van der Waals surface area contributed by atoms with Crippen LogP contribution in [0, 0.1) is 0 Å². The zero-order valence-electron chi connectivity index (χ0n) is 23.8. The van der Waals surface area contributed by atoms with E-state index in [1.807, 2.05) is 0 Å². The molecule has 0 aromatic heterocycles. The number of carbonyl (C=O) groups excluding carboxylic acids is 3. The van der Waals surface area contributed by atoms with Gasteiger partial charge in [0.25, 0.3) is 0 Å². The van der Waals surface area contributed by atoms with Crippen LogP contribution in [0.1, 0.15) is 89.9 Å². The fourth-order valence-corrected chi connectivity index (χ4v) is 3.74.